The second kappa shape index (κ2) is 9.29. The maximum absolute atomic E-state index is 14.3. The fraction of sp³-hybridized carbons (Fsp3) is 0.263. The third-order valence-electron chi connectivity index (χ3n) is 4.28. The molecule has 0 heterocycles. The lowest BCUT2D eigenvalue weighted by atomic mass is 9.89. The molecule has 0 fully saturated rings. The normalized spacial score (nSPS) is 13.1. The summed E-state index contributed by atoms with van der Waals surface area (Å²) in [7, 11) is 0. The standard InChI is InChI=1S/C19H20F3N3OS2/c1-3-19(2,25-18(23)27)12-7-8-14(20)15(10-12)24-16(26)11-5-4-6-13(9-11)28-17(21)22/h4-10,17H,3H2,1-2H3,(H,24,26)(H3,23,25,27). The molecule has 0 aromatic heterocycles. The van der Waals surface area contributed by atoms with E-state index in [4.69, 9.17) is 18.0 Å². The molecule has 0 aliphatic rings. The van der Waals surface area contributed by atoms with E-state index in [0.717, 1.165) is 0 Å². The molecule has 0 spiro atoms. The second-order valence-electron chi connectivity index (χ2n) is 6.23. The zero-order valence-corrected chi connectivity index (χ0v) is 16.9. The van der Waals surface area contributed by atoms with Crippen molar-refractivity contribution in [3.8, 4) is 0 Å². The van der Waals surface area contributed by atoms with E-state index in [2.05, 4.69) is 10.6 Å². The number of alkyl halides is 2. The summed E-state index contributed by atoms with van der Waals surface area (Å²) >= 11 is 5.25. The van der Waals surface area contributed by atoms with Crippen molar-refractivity contribution in [3.63, 3.8) is 0 Å². The summed E-state index contributed by atoms with van der Waals surface area (Å²) in [4.78, 5) is 12.7. The number of carbonyl (C=O) groups is 1. The zero-order chi connectivity index (χ0) is 20.9. The Morgan fingerprint density at radius 2 is 2.00 bits per heavy atom. The maximum atomic E-state index is 14.3. The molecule has 28 heavy (non-hydrogen) atoms. The van der Waals surface area contributed by atoms with Gasteiger partial charge >= 0.3 is 0 Å². The molecule has 1 atom stereocenters. The van der Waals surface area contributed by atoms with Gasteiger partial charge in [0, 0.05) is 10.5 Å². The van der Waals surface area contributed by atoms with E-state index in [-0.39, 0.29) is 21.3 Å². The Morgan fingerprint density at radius 1 is 1.29 bits per heavy atom. The molecule has 0 saturated heterocycles. The molecule has 4 nitrogen and oxygen atoms in total. The third-order valence-corrected chi connectivity index (χ3v) is 5.09. The molecule has 1 unspecified atom stereocenters. The quantitative estimate of drug-likeness (QED) is 0.435. The molecule has 0 aliphatic carbocycles. The minimum absolute atomic E-state index is 0.0289. The van der Waals surface area contributed by atoms with E-state index in [1.807, 2.05) is 13.8 Å². The van der Waals surface area contributed by atoms with Crippen LogP contribution in [0.15, 0.2) is 47.4 Å². The van der Waals surface area contributed by atoms with Crippen LogP contribution in [0.5, 0.6) is 0 Å². The summed E-state index contributed by atoms with van der Waals surface area (Å²) in [5.74, 6) is -3.82. The molecule has 0 aliphatic heterocycles. The van der Waals surface area contributed by atoms with Gasteiger partial charge in [-0.3, -0.25) is 4.79 Å². The van der Waals surface area contributed by atoms with Gasteiger partial charge < -0.3 is 16.4 Å². The van der Waals surface area contributed by atoms with E-state index in [0.29, 0.717) is 23.7 Å². The van der Waals surface area contributed by atoms with Crippen LogP contribution in [-0.4, -0.2) is 16.8 Å². The lowest BCUT2D eigenvalue weighted by molar-refractivity contribution is 0.102. The first-order chi connectivity index (χ1) is 13.1. The van der Waals surface area contributed by atoms with Crippen molar-refractivity contribution >= 4 is 40.7 Å². The Hall–Kier alpha value is -2.26. The Balaban J connectivity index is 2.29. The number of halogens is 3. The van der Waals surface area contributed by atoms with Crippen LogP contribution < -0.4 is 16.4 Å². The summed E-state index contributed by atoms with van der Waals surface area (Å²) < 4.78 is 39.3. The summed E-state index contributed by atoms with van der Waals surface area (Å²) in [5.41, 5.74) is 5.74. The van der Waals surface area contributed by atoms with E-state index < -0.39 is 23.0 Å². The van der Waals surface area contributed by atoms with Gasteiger partial charge in [0.25, 0.3) is 11.7 Å². The van der Waals surface area contributed by atoms with Crippen molar-refractivity contribution < 1.29 is 18.0 Å². The van der Waals surface area contributed by atoms with Gasteiger partial charge in [-0.05, 0) is 61.5 Å². The van der Waals surface area contributed by atoms with Crippen LogP contribution in [-0.2, 0) is 5.54 Å². The molecule has 9 heteroatoms. The van der Waals surface area contributed by atoms with E-state index >= 15 is 0 Å². The van der Waals surface area contributed by atoms with Crippen molar-refractivity contribution in [1.29, 1.82) is 0 Å². The monoisotopic (exact) mass is 427 g/mol. The zero-order valence-electron chi connectivity index (χ0n) is 15.3. The number of nitrogens with one attached hydrogen (secondary N) is 2. The maximum Gasteiger partial charge on any atom is 0.288 e. The number of hydrogen-bond donors (Lipinski definition) is 3. The van der Waals surface area contributed by atoms with Crippen LogP contribution in [0, 0.1) is 5.82 Å². The molecule has 4 N–H and O–H groups in total. The molecule has 2 aromatic rings. The van der Waals surface area contributed by atoms with Crippen LogP contribution in [0.3, 0.4) is 0 Å². The van der Waals surface area contributed by atoms with Crippen LogP contribution in [0.25, 0.3) is 0 Å². The third kappa shape index (κ3) is 5.62. The fourth-order valence-electron chi connectivity index (χ4n) is 2.61. The number of amides is 1. The van der Waals surface area contributed by atoms with Crippen molar-refractivity contribution in [2.45, 2.75) is 36.5 Å². The van der Waals surface area contributed by atoms with Crippen LogP contribution in [0.1, 0.15) is 36.2 Å². The molecule has 0 saturated carbocycles. The van der Waals surface area contributed by atoms with Gasteiger partial charge in [-0.15, -0.1) is 0 Å². The van der Waals surface area contributed by atoms with Gasteiger partial charge in [0.05, 0.1) is 11.2 Å². The van der Waals surface area contributed by atoms with E-state index in [1.54, 1.807) is 6.07 Å². The summed E-state index contributed by atoms with van der Waals surface area (Å²) in [6, 6.07) is 10.1. The predicted octanol–water partition coefficient (Wildman–Crippen LogP) is 4.85. The van der Waals surface area contributed by atoms with Gasteiger partial charge in [-0.2, -0.15) is 8.78 Å². The number of nitrogens with two attached hydrogens (primary N) is 1. The molecular weight excluding hydrogens is 407 g/mol. The first-order valence-electron chi connectivity index (χ1n) is 8.38. The summed E-state index contributed by atoms with van der Waals surface area (Å²) in [5, 5.41) is 5.58. The number of benzene rings is 2. The Bertz CT molecular complexity index is 879. The molecule has 1 amide bonds. The lowest BCUT2D eigenvalue weighted by Crippen LogP contribution is -2.45. The number of hydrogen-bond acceptors (Lipinski definition) is 3. The fourth-order valence-corrected chi connectivity index (χ4v) is 3.39. The predicted molar refractivity (Wildman–Crippen MR) is 110 cm³/mol. The van der Waals surface area contributed by atoms with Crippen molar-refractivity contribution in [2.75, 3.05) is 5.32 Å². The van der Waals surface area contributed by atoms with Gasteiger partial charge in [-0.25, -0.2) is 4.39 Å². The second-order valence-corrected chi connectivity index (χ2v) is 7.73. The number of thiocarbonyl (C=S) groups is 1. The lowest BCUT2D eigenvalue weighted by Gasteiger charge is -2.31. The van der Waals surface area contributed by atoms with Crippen molar-refractivity contribution in [1.82, 2.24) is 5.32 Å². The van der Waals surface area contributed by atoms with Crippen molar-refractivity contribution in [3.05, 3.63) is 59.4 Å². The van der Waals surface area contributed by atoms with Gasteiger partial charge in [-0.1, -0.05) is 30.8 Å². The largest absolute Gasteiger partial charge is 0.376 e. The minimum Gasteiger partial charge on any atom is -0.376 e. The topological polar surface area (TPSA) is 67.2 Å². The van der Waals surface area contributed by atoms with Gasteiger partial charge in [0.2, 0.25) is 0 Å². The highest BCUT2D eigenvalue weighted by Gasteiger charge is 2.26. The molecule has 2 aromatic carbocycles. The Labute approximate surface area is 171 Å². The highest BCUT2D eigenvalue weighted by Crippen LogP contribution is 2.29. The smallest absolute Gasteiger partial charge is 0.288 e. The Morgan fingerprint density at radius 3 is 2.61 bits per heavy atom. The molecule has 0 bridgehead atoms. The highest BCUT2D eigenvalue weighted by atomic mass is 32.2. The summed E-state index contributed by atoms with van der Waals surface area (Å²) in [6.45, 7) is 3.77. The number of carbonyl (C=O) groups excluding carboxylic acids is 1. The van der Waals surface area contributed by atoms with Crippen LogP contribution in [0.4, 0.5) is 18.9 Å². The molecule has 0 radical (unpaired) electrons. The first kappa shape index (κ1) is 22.0. The first-order valence-corrected chi connectivity index (χ1v) is 9.67. The SMILES string of the molecule is CCC(C)(NC(N)=S)c1ccc(F)c(NC(=O)c2cccc(SC(F)F)c2)c1. The van der Waals surface area contributed by atoms with Crippen LogP contribution >= 0.6 is 24.0 Å². The van der Waals surface area contributed by atoms with Crippen molar-refractivity contribution in [2.24, 2.45) is 5.73 Å². The van der Waals surface area contributed by atoms with Gasteiger partial charge in [0.1, 0.15) is 5.82 Å². The molecule has 150 valence electrons. The average molecular weight is 428 g/mol. The van der Waals surface area contributed by atoms with E-state index in [9.17, 15) is 18.0 Å². The highest BCUT2D eigenvalue weighted by molar-refractivity contribution is 7.99. The van der Waals surface area contributed by atoms with Crippen LogP contribution in [0.2, 0.25) is 0 Å². The summed E-state index contributed by atoms with van der Waals surface area (Å²) in [6.07, 6.45) is 0.607. The average Bonchev–Trinajstić information content (AvgIpc) is 2.62. The molecular formula is C19H20F3N3OS2. The van der Waals surface area contributed by atoms with Gasteiger partial charge in [0.15, 0.2) is 5.11 Å². The van der Waals surface area contributed by atoms with E-state index in [1.165, 1.54) is 36.4 Å². The molecule has 2 rings (SSSR count). The number of thioether (sulfide) groups is 1. The number of anilines is 1. The minimum atomic E-state index is -2.60. The Kier molecular flexibility index (Phi) is 7.31. The number of rotatable bonds is 7.